The van der Waals surface area contributed by atoms with Crippen molar-refractivity contribution in [2.45, 2.75) is 33.2 Å². The fraction of sp³-hybridized carbons (Fsp3) is 0.385. The zero-order valence-corrected chi connectivity index (χ0v) is 10.3. The van der Waals surface area contributed by atoms with E-state index in [1.165, 1.54) is 0 Å². The van der Waals surface area contributed by atoms with Gasteiger partial charge in [-0.05, 0) is 32.4 Å². The van der Waals surface area contributed by atoms with Crippen molar-refractivity contribution in [3.63, 3.8) is 0 Å². The predicted molar refractivity (Wildman–Crippen MR) is 66.2 cm³/mol. The molecule has 4 nitrogen and oxygen atoms in total. The van der Waals surface area contributed by atoms with Crippen LogP contribution in [0.2, 0.25) is 0 Å². The number of carboxylic acids is 1. The van der Waals surface area contributed by atoms with E-state index in [0.717, 1.165) is 22.2 Å². The molecule has 1 aromatic carbocycles. The SMILES string of the molecule is CCn1nc2cccc(C)c2c1C(C)C(=O)O. The summed E-state index contributed by atoms with van der Waals surface area (Å²) in [6.07, 6.45) is 0. The quantitative estimate of drug-likeness (QED) is 0.884. The molecule has 1 heterocycles. The van der Waals surface area contributed by atoms with Crippen LogP contribution in [0.5, 0.6) is 0 Å². The molecule has 0 fully saturated rings. The molecular formula is C13H16N2O2. The lowest BCUT2D eigenvalue weighted by molar-refractivity contribution is -0.138. The van der Waals surface area contributed by atoms with Crippen LogP contribution in [0.4, 0.5) is 0 Å². The van der Waals surface area contributed by atoms with Gasteiger partial charge in [-0.3, -0.25) is 9.48 Å². The van der Waals surface area contributed by atoms with E-state index in [0.29, 0.717) is 6.54 Å². The Morgan fingerprint density at radius 2 is 2.24 bits per heavy atom. The van der Waals surface area contributed by atoms with Gasteiger partial charge < -0.3 is 5.11 Å². The molecule has 1 unspecified atom stereocenters. The molecule has 0 spiro atoms. The molecule has 1 atom stereocenters. The molecule has 0 amide bonds. The Morgan fingerprint density at radius 3 is 2.82 bits per heavy atom. The van der Waals surface area contributed by atoms with Crippen molar-refractivity contribution in [3.05, 3.63) is 29.5 Å². The number of nitrogens with zero attached hydrogens (tertiary/aromatic N) is 2. The number of aromatic nitrogens is 2. The first-order valence-electron chi connectivity index (χ1n) is 5.75. The van der Waals surface area contributed by atoms with Gasteiger partial charge in [-0.2, -0.15) is 5.10 Å². The van der Waals surface area contributed by atoms with Crippen LogP contribution in [0.15, 0.2) is 18.2 Å². The van der Waals surface area contributed by atoms with Gasteiger partial charge in [0.25, 0.3) is 0 Å². The third-order valence-electron chi connectivity index (χ3n) is 3.09. The van der Waals surface area contributed by atoms with Crippen LogP contribution in [0.25, 0.3) is 10.9 Å². The van der Waals surface area contributed by atoms with Gasteiger partial charge in [-0.25, -0.2) is 0 Å². The molecule has 0 bridgehead atoms. The van der Waals surface area contributed by atoms with Gasteiger partial charge in [0.1, 0.15) is 0 Å². The summed E-state index contributed by atoms with van der Waals surface area (Å²) < 4.78 is 1.79. The topological polar surface area (TPSA) is 55.1 Å². The van der Waals surface area contributed by atoms with Gasteiger partial charge >= 0.3 is 5.97 Å². The Balaban J connectivity index is 2.78. The Bertz CT molecular complexity index is 572. The van der Waals surface area contributed by atoms with Crippen molar-refractivity contribution >= 4 is 16.9 Å². The highest BCUT2D eigenvalue weighted by Gasteiger charge is 2.22. The highest BCUT2D eigenvalue weighted by atomic mass is 16.4. The van der Waals surface area contributed by atoms with E-state index in [1.54, 1.807) is 11.6 Å². The lowest BCUT2D eigenvalue weighted by Gasteiger charge is -2.10. The summed E-state index contributed by atoms with van der Waals surface area (Å²) in [5, 5.41) is 14.6. The molecule has 17 heavy (non-hydrogen) atoms. The van der Waals surface area contributed by atoms with Crippen LogP contribution in [0.3, 0.4) is 0 Å². The Labute approximate surface area is 99.9 Å². The maximum Gasteiger partial charge on any atom is 0.312 e. The maximum absolute atomic E-state index is 11.2. The smallest absolute Gasteiger partial charge is 0.312 e. The summed E-state index contributed by atoms with van der Waals surface area (Å²) >= 11 is 0. The first-order chi connectivity index (χ1) is 8.06. The maximum atomic E-state index is 11.2. The molecule has 4 heteroatoms. The summed E-state index contributed by atoms with van der Waals surface area (Å²) in [6, 6.07) is 5.86. The van der Waals surface area contributed by atoms with Gasteiger partial charge in [-0.1, -0.05) is 12.1 Å². The number of fused-ring (bicyclic) bond motifs is 1. The van der Waals surface area contributed by atoms with E-state index < -0.39 is 11.9 Å². The third-order valence-corrected chi connectivity index (χ3v) is 3.09. The van der Waals surface area contributed by atoms with E-state index in [4.69, 9.17) is 0 Å². The second kappa shape index (κ2) is 4.20. The molecule has 2 aromatic rings. The second-order valence-electron chi connectivity index (χ2n) is 4.23. The zero-order chi connectivity index (χ0) is 12.6. The summed E-state index contributed by atoms with van der Waals surface area (Å²) in [5.41, 5.74) is 2.74. The van der Waals surface area contributed by atoms with Crippen molar-refractivity contribution in [2.24, 2.45) is 0 Å². The fourth-order valence-corrected chi connectivity index (χ4v) is 2.18. The number of hydrogen-bond donors (Lipinski definition) is 1. The van der Waals surface area contributed by atoms with Crippen molar-refractivity contribution in [1.82, 2.24) is 9.78 Å². The molecule has 1 N–H and O–H groups in total. The Kier molecular flexibility index (Phi) is 2.88. The minimum Gasteiger partial charge on any atom is -0.481 e. The molecule has 0 aliphatic heterocycles. The molecule has 0 saturated heterocycles. The lowest BCUT2D eigenvalue weighted by atomic mass is 10.0. The van der Waals surface area contributed by atoms with Crippen LogP contribution >= 0.6 is 0 Å². The second-order valence-corrected chi connectivity index (χ2v) is 4.23. The summed E-state index contributed by atoms with van der Waals surface area (Å²) in [4.78, 5) is 11.2. The van der Waals surface area contributed by atoms with Gasteiger partial charge in [0.15, 0.2) is 0 Å². The monoisotopic (exact) mass is 232 g/mol. The minimum atomic E-state index is -0.815. The number of aryl methyl sites for hydroxylation is 2. The first kappa shape index (κ1) is 11.6. The molecule has 0 saturated carbocycles. The number of rotatable bonds is 3. The van der Waals surface area contributed by atoms with E-state index in [2.05, 4.69) is 5.10 Å². The van der Waals surface area contributed by atoms with E-state index >= 15 is 0 Å². The van der Waals surface area contributed by atoms with Crippen LogP contribution < -0.4 is 0 Å². The van der Waals surface area contributed by atoms with E-state index in [-0.39, 0.29) is 0 Å². The fourth-order valence-electron chi connectivity index (χ4n) is 2.18. The predicted octanol–water partition coefficient (Wildman–Crippen LogP) is 2.55. The summed E-state index contributed by atoms with van der Waals surface area (Å²) in [6.45, 7) is 6.35. The van der Waals surface area contributed by atoms with Crippen LogP contribution in [-0.4, -0.2) is 20.9 Å². The largest absolute Gasteiger partial charge is 0.481 e. The average molecular weight is 232 g/mol. The molecule has 0 aliphatic rings. The van der Waals surface area contributed by atoms with Crippen molar-refractivity contribution < 1.29 is 9.90 Å². The first-order valence-corrected chi connectivity index (χ1v) is 5.75. The number of aliphatic carboxylic acids is 1. The minimum absolute atomic E-state index is 0.541. The standard InChI is InChI=1S/C13H16N2O2/c1-4-15-12(9(3)13(16)17)11-8(2)6-5-7-10(11)14-15/h5-7,9H,4H2,1-3H3,(H,16,17). The van der Waals surface area contributed by atoms with Crippen LogP contribution in [0.1, 0.15) is 31.0 Å². The van der Waals surface area contributed by atoms with Crippen molar-refractivity contribution in [1.29, 1.82) is 0 Å². The summed E-state index contributed by atoms with van der Waals surface area (Å²) in [7, 11) is 0. The molecular weight excluding hydrogens is 216 g/mol. The van der Waals surface area contributed by atoms with Gasteiger partial charge in [0.05, 0.1) is 17.1 Å². The molecule has 90 valence electrons. The summed E-state index contributed by atoms with van der Waals surface area (Å²) in [5.74, 6) is -1.36. The lowest BCUT2D eigenvalue weighted by Crippen LogP contribution is -2.14. The Morgan fingerprint density at radius 1 is 1.53 bits per heavy atom. The highest BCUT2D eigenvalue weighted by molar-refractivity contribution is 5.89. The number of carbonyl (C=O) groups is 1. The zero-order valence-electron chi connectivity index (χ0n) is 10.3. The highest BCUT2D eigenvalue weighted by Crippen LogP contribution is 2.28. The van der Waals surface area contributed by atoms with Crippen molar-refractivity contribution in [3.8, 4) is 0 Å². The molecule has 1 aromatic heterocycles. The average Bonchev–Trinajstić information content (AvgIpc) is 2.67. The number of carboxylic acid groups (broad SMARTS) is 1. The molecule has 0 radical (unpaired) electrons. The molecule has 2 rings (SSSR count). The van der Waals surface area contributed by atoms with Crippen molar-refractivity contribution in [2.75, 3.05) is 0 Å². The Hall–Kier alpha value is -1.84. The number of benzene rings is 1. The third kappa shape index (κ3) is 1.79. The van der Waals surface area contributed by atoms with Crippen LogP contribution in [-0.2, 0) is 11.3 Å². The molecule has 0 aliphatic carbocycles. The van der Waals surface area contributed by atoms with Gasteiger partial charge in [0.2, 0.25) is 0 Å². The number of hydrogen-bond acceptors (Lipinski definition) is 2. The van der Waals surface area contributed by atoms with Crippen LogP contribution in [0, 0.1) is 6.92 Å². The van der Waals surface area contributed by atoms with Gasteiger partial charge in [-0.15, -0.1) is 0 Å². The van der Waals surface area contributed by atoms with Gasteiger partial charge in [0, 0.05) is 11.9 Å². The van der Waals surface area contributed by atoms with E-state index in [1.807, 2.05) is 32.0 Å². The normalized spacial score (nSPS) is 12.9. The van der Waals surface area contributed by atoms with E-state index in [9.17, 15) is 9.90 Å².